The molecule has 0 bridgehead atoms. The molecule has 0 N–H and O–H groups in total. The van der Waals surface area contributed by atoms with Gasteiger partial charge in [-0.25, -0.2) is 0 Å². The van der Waals surface area contributed by atoms with Crippen molar-refractivity contribution in [2.45, 2.75) is 26.2 Å². The van der Waals surface area contributed by atoms with Crippen LogP contribution in [0.15, 0.2) is 28.7 Å². The van der Waals surface area contributed by atoms with E-state index in [1.54, 1.807) is 6.07 Å². The van der Waals surface area contributed by atoms with Gasteiger partial charge in [0.2, 0.25) is 0 Å². The number of benzene rings is 1. The molecule has 0 unspecified atom stereocenters. The first-order valence-corrected chi connectivity index (χ1v) is 5.67. The average molecular weight is 226 g/mol. The second-order valence-electron chi connectivity index (χ2n) is 4.13. The second kappa shape index (κ2) is 4.88. The van der Waals surface area contributed by atoms with E-state index in [0.717, 1.165) is 16.5 Å². The maximum Gasteiger partial charge on any atom is 0.198 e. The van der Waals surface area contributed by atoms with Gasteiger partial charge in [0.15, 0.2) is 11.5 Å². The summed E-state index contributed by atoms with van der Waals surface area (Å²) in [4.78, 5) is 11.8. The number of aryl methyl sites for hydroxylation is 1. The number of carbonyl (C=O) groups excluding carboxylic acids is 1. The lowest BCUT2D eigenvalue weighted by molar-refractivity contribution is 0.0956. The van der Waals surface area contributed by atoms with Crippen LogP contribution in [0.1, 0.15) is 35.4 Å². The molecule has 0 radical (unpaired) electrons. The van der Waals surface area contributed by atoms with Crippen molar-refractivity contribution >= 4 is 16.8 Å². The van der Waals surface area contributed by atoms with E-state index in [-0.39, 0.29) is 5.78 Å². The number of hydrogen-bond donors (Lipinski definition) is 0. The number of ketones is 1. The third-order valence-electron chi connectivity index (χ3n) is 2.67. The minimum atomic E-state index is 0.0223. The van der Waals surface area contributed by atoms with Gasteiger partial charge in [0, 0.05) is 18.2 Å². The average Bonchev–Trinajstić information content (AvgIpc) is 2.72. The molecule has 0 saturated heterocycles. The standard InChI is InChI=1S/C15H14O2/c1-3-4-5-6-13(16)15-10-12-9-11(2)7-8-14(12)17-15/h1,7-10H,4-6H2,2H3. The summed E-state index contributed by atoms with van der Waals surface area (Å²) in [6.07, 6.45) is 6.94. The fourth-order valence-corrected chi connectivity index (χ4v) is 1.77. The molecule has 1 aromatic carbocycles. The van der Waals surface area contributed by atoms with E-state index in [0.29, 0.717) is 25.0 Å². The largest absolute Gasteiger partial charge is 0.453 e. The molecule has 0 amide bonds. The number of Topliss-reactive ketones (excluding diaryl/α,β-unsaturated/α-hetero) is 1. The fourth-order valence-electron chi connectivity index (χ4n) is 1.77. The Morgan fingerprint density at radius 1 is 1.41 bits per heavy atom. The van der Waals surface area contributed by atoms with Crippen LogP contribution in [0, 0.1) is 19.3 Å². The fraction of sp³-hybridized carbons (Fsp3) is 0.267. The zero-order chi connectivity index (χ0) is 12.3. The molecule has 0 fully saturated rings. The maximum atomic E-state index is 11.8. The van der Waals surface area contributed by atoms with Crippen molar-refractivity contribution in [3.05, 3.63) is 35.6 Å². The molecule has 86 valence electrons. The zero-order valence-electron chi connectivity index (χ0n) is 9.82. The molecule has 1 aromatic heterocycles. The molecule has 0 saturated carbocycles. The number of hydrogen-bond acceptors (Lipinski definition) is 2. The monoisotopic (exact) mass is 226 g/mol. The molecule has 2 rings (SSSR count). The van der Waals surface area contributed by atoms with Crippen LogP contribution < -0.4 is 0 Å². The summed E-state index contributed by atoms with van der Waals surface area (Å²) < 4.78 is 5.51. The normalized spacial score (nSPS) is 10.4. The number of furan rings is 1. The van der Waals surface area contributed by atoms with Gasteiger partial charge in [-0.2, -0.15) is 0 Å². The predicted octanol–water partition coefficient (Wildman–Crippen LogP) is 3.73. The highest BCUT2D eigenvalue weighted by atomic mass is 16.3. The Bertz CT molecular complexity index is 584. The van der Waals surface area contributed by atoms with Crippen molar-refractivity contribution in [3.8, 4) is 12.3 Å². The van der Waals surface area contributed by atoms with Crippen molar-refractivity contribution in [2.24, 2.45) is 0 Å². The summed E-state index contributed by atoms with van der Waals surface area (Å²) in [5.41, 5.74) is 1.92. The van der Waals surface area contributed by atoms with Crippen LogP contribution in [-0.4, -0.2) is 5.78 Å². The van der Waals surface area contributed by atoms with Crippen LogP contribution >= 0.6 is 0 Å². The quantitative estimate of drug-likeness (QED) is 0.451. The van der Waals surface area contributed by atoms with Crippen LogP contribution in [0.5, 0.6) is 0 Å². The lowest BCUT2D eigenvalue weighted by Crippen LogP contribution is -1.95. The summed E-state index contributed by atoms with van der Waals surface area (Å²) in [5.74, 6) is 2.98. The number of unbranched alkanes of at least 4 members (excludes halogenated alkanes) is 1. The van der Waals surface area contributed by atoms with Crippen molar-refractivity contribution in [1.82, 2.24) is 0 Å². The highest BCUT2D eigenvalue weighted by Gasteiger charge is 2.11. The maximum absolute atomic E-state index is 11.8. The molecule has 2 aromatic rings. The first-order chi connectivity index (χ1) is 8.20. The van der Waals surface area contributed by atoms with Crippen LogP contribution in [0.2, 0.25) is 0 Å². The van der Waals surface area contributed by atoms with E-state index < -0.39 is 0 Å². The third-order valence-corrected chi connectivity index (χ3v) is 2.67. The molecular formula is C15H14O2. The molecule has 0 spiro atoms. The van der Waals surface area contributed by atoms with Crippen molar-refractivity contribution in [3.63, 3.8) is 0 Å². The van der Waals surface area contributed by atoms with Crippen LogP contribution in [0.25, 0.3) is 11.0 Å². The van der Waals surface area contributed by atoms with Gasteiger partial charge in [0.05, 0.1) is 0 Å². The first-order valence-electron chi connectivity index (χ1n) is 5.67. The van der Waals surface area contributed by atoms with E-state index in [2.05, 4.69) is 5.92 Å². The van der Waals surface area contributed by atoms with E-state index in [1.165, 1.54) is 0 Å². The van der Waals surface area contributed by atoms with Crippen molar-refractivity contribution in [2.75, 3.05) is 0 Å². The second-order valence-corrected chi connectivity index (χ2v) is 4.13. The summed E-state index contributed by atoms with van der Waals surface area (Å²) in [5, 5.41) is 0.977. The summed E-state index contributed by atoms with van der Waals surface area (Å²) >= 11 is 0. The first kappa shape index (κ1) is 11.5. The Morgan fingerprint density at radius 2 is 2.24 bits per heavy atom. The number of rotatable bonds is 4. The molecule has 0 aliphatic rings. The third kappa shape index (κ3) is 2.57. The predicted molar refractivity (Wildman–Crippen MR) is 68.0 cm³/mol. The topological polar surface area (TPSA) is 30.2 Å². The SMILES string of the molecule is C#CCCCC(=O)c1cc2cc(C)ccc2o1. The van der Waals surface area contributed by atoms with Gasteiger partial charge >= 0.3 is 0 Å². The molecular weight excluding hydrogens is 212 g/mol. The van der Waals surface area contributed by atoms with E-state index in [1.807, 2.05) is 25.1 Å². The number of fused-ring (bicyclic) bond motifs is 1. The van der Waals surface area contributed by atoms with E-state index in [4.69, 9.17) is 10.8 Å². The van der Waals surface area contributed by atoms with Gasteiger partial charge in [-0.1, -0.05) is 11.6 Å². The summed E-state index contributed by atoms with van der Waals surface area (Å²) in [6, 6.07) is 7.68. The van der Waals surface area contributed by atoms with Gasteiger partial charge < -0.3 is 4.42 Å². The van der Waals surface area contributed by atoms with Crippen LogP contribution in [0.4, 0.5) is 0 Å². The Kier molecular flexibility index (Phi) is 3.30. The Balaban J connectivity index is 2.19. The van der Waals surface area contributed by atoms with Crippen LogP contribution in [-0.2, 0) is 0 Å². The smallest absolute Gasteiger partial charge is 0.198 e. The molecule has 17 heavy (non-hydrogen) atoms. The zero-order valence-corrected chi connectivity index (χ0v) is 9.82. The Morgan fingerprint density at radius 3 is 3.00 bits per heavy atom. The highest BCUT2D eigenvalue weighted by molar-refractivity contribution is 5.97. The van der Waals surface area contributed by atoms with Crippen LogP contribution in [0.3, 0.4) is 0 Å². The van der Waals surface area contributed by atoms with Gasteiger partial charge in [-0.3, -0.25) is 4.79 Å². The minimum Gasteiger partial charge on any atom is -0.453 e. The lowest BCUT2D eigenvalue weighted by Gasteiger charge is -1.93. The number of terminal acetylenes is 1. The molecule has 2 heteroatoms. The minimum absolute atomic E-state index is 0.0223. The molecule has 0 atom stereocenters. The summed E-state index contributed by atoms with van der Waals surface area (Å²) in [7, 11) is 0. The molecule has 2 nitrogen and oxygen atoms in total. The van der Waals surface area contributed by atoms with E-state index in [9.17, 15) is 4.79 Å². The Hall–Kier alpha value is -2.01. The molecule has 0 aliphatic carbocycles. The lowest BCUT2D eigenvalue weighted by atomic mass is 10.1. The molecule has 1 heterocycles. The van der Waals surface area contributed by atoms with Gasteiger partial charge in [-0.15, -0.1) is 12.3 Å². The van der Waals surface area contributed by atoms with Gasteiger partial charge in [0.1, 0.15) is 5.58 Å². The van der Waals surface area contributed by atoms with Crippen molar-refractivity contribution < 1.29 is 9.21 Å². The molecule has 0 aliphatic heterocycles. The summed E-state index contributed by atoms with van der Waals surface area (Å²) in [6.45, 7) is 2.01. The van der Waals surface area contributed by atoms with E-state index >= 15 is 0 Å². The van der Waals surface area contributed by atoms with Crippen molar-refractivity contribution in [1.29, 1.82) is 0 Å². The highest BCUT2D eigenvalue weighted by Crippen LogP contribution is 2.21. The van der Waals surface area contributed by atoms with Gasteiger partial charge in [0.25, 0.3) is 0 Å². The Labute approximate surface area is 101 Å². The number of carbonyl (C=O) groups is 1. The van der Waals surface area contributed by atoms with Gasteiger partial charge in [-0.05, 0) is 31.5 Å².